The van der Waals surface area contributed by atoms with Crippen LogP contribution in [0.2, 0.25) is 0 Å². The summed E-state index contributed by atoms with van der Waals surface area (Å²) in [4.78, 5) is 0. The van der Waals surface area contributed by atoms with Crippen molar-refractivity contribution in [2.24, 2.45) is 5.41 Å². The van der Waals surface area contributed by atoms with Gasteiger partial charge in [0.05, 0.1) is 11.4 Å². The molecule has 0 aliphatic heterocycles. The molecule has 92 valence electrons. The van der Waals surface area contributed by atoms with Crippen molar-refractivity contribution >= 4 is 0 Å². The van der Waals surface area contributed by atoms with Gasteiger partial charge in [-0.25, -0.2) is 0 Å². The summed E-state index contributed by atoms with van der Waals surface area (Å²) in [5, 5.41) is 9.01. The average molecular weight is 230 g/mol. The lowest BCUT2D eigenvalue weighted by Gasteiger charge is -2.33. The van der Waals surface area contributed by atoms with E-state index in [2.05, 4.69) is 50.9 Å². The SMILES string of the molecule is CC(C)c1cc2c(nn1)C1(C)CCC2C1(C)C. The van der Waals surface area contributed by atoms with Crippen molar-refractivity contribution in [2.75, 3.05) is 0 Å². The van der Waals surface area contributed by atoms with Gasteiger partial charge in [0.2, 0.25) is 0 Å². The van der Waals surface area contributed by atoms with Crippen LogP contribution in [0.5, 0.6) is 0 Å². The molecule has 1 aromatic heterocycles. The third-order valence-electron chi connectivity index (χ3n) is 5.56. The molecule has 0 radical (unpaired) electrons. The van der Waals surface area contributed by atoms with E-state index in [1.54, 1.807) is 0 Å². The molecule has 2 heteroatoms. The number of nitrogens with zero attached hydrogens (tertiary/aromatic N) is 2. The fourth-order valence-electron chi connectivity index (χ4n) is 3.87. The highest BCUT2D eigenvalue weighted by molar-refractivity contribution is 5.45. The van der Waals surface area contributed by atoms with Crippen molar-refractivity contribution < 1.29 is 0 Å². The molecule has 1 saturated carbocycles. The summed E-state index contributed by atoms with van der Waals surface area (Å²) in [6.45, 7) is 11.6. The second-order valence-electron chi connectivity index (χ2n) is 6.87. The fourth-order valence-corrected chi connectivity index (χ4v) is 3.87. The van der Waals surface area contributed by atoms with Crippen LogP contribution >= 0.6 is 0 Å². The molecular formula is C15H22N2. The molecule has 1 heterocycles. The standard InChI is InChI=1S/C15H22N2/c1-9(2)12-8-10-11-6-7-15(5,14(11,3)4)13(10)17-16-12/h8-9,11H,6-7H2,1-5H3. The van der Waals surface area contributed by atoms with Gasteiger partial charge in [0.1, 0.15) is 0 Å². The predicted octanol–water partition coefficient (Wildman–Crippen LogP) is 3.77. The molecule has 1 fully saturated rings. The molecule has 2 nitrogen and oxygen atoms in total. The van der Waals surface area contributed by atoms with E-state index in [0.29, 0.717) is 17.3 Å². The van der Waals surface area contributed by atoms with Crippen LogP contribution in [-0.2, 0) is 5.41 Å². The molecule has 0 spiro atoms. The first-order valence-electron chi connectivity index (χ1n) is 6.76. The number of hydrogen-bond acceptors (Lipinski definition) is 2. The van der Waals surface area contributed by atoms with E-state index < -0.39 is 0 Å². The summed E-state index contributed by atoms with van der Waals surface area (Å²) in [7, 11) is 0. The Kier molecular flexibility index (Phi) is 2.04. The highest BCUT2D eigenvalue weighted by atomic mass is 15.1. The molecule has 2 aliphatic carbocycles. The topological polar surface area (TPSA) is 25.8 Å². The first kappa shape index (κ1) is 11.2. The zero-order valence-electron chi connectivity index (χ0n) is 11.5. The van der Waals surface area contributed by atoms with E-state index in [4.69, 9.17) is 0 Å². The average Bonchev–Trinajstić information content (AvgIpc) is 2.59. The Morgan fingerprint density at radius 3 is 2.59 bits per heavy atom. The normalized spacial score (nSPS) is 33.2. The maximum atomic E-state index is 4.58. The van der Waals surface area contributed by atoms with Crippen LogP contribution in [0.4, 0.5) is 0 Å². The quantitative estimate of drug-likeness (QED) is 0.734. The fraction of sp³-hybridized carbons (Fsp3) is 0.733. The summed E-state index contributed by atoms with van der Waals surface area (Å²) in [5.74, 6) is 1.17. The molecule has 2 unspecified atom stereocenters. The Bertz CT molecular complexity index is 476. The smallest absolute Gasteiger partial charge is 0.0730 e. The number of fused-ring (bicyclic) bond motifs is 5. The van der Waals surface area contributed by atoms with Crippen molar-refractivity contribution in [3.05, 3.63) is 23.0 Å². The van der Waals surface area contributed by atoms with Crippen LogP contribution in [0.3, 0.4) is 0 Å². The minimum absolute atomic E-state index is 0.246. The number of rotatable bonds is 1. The number of hydrogen-bond donors (Lipinski definition) is 0. The Balaban J connectivity index is 2.19. The lowest BCUT2D eigenvalue weighted by atomic mass is 9.70. The summed E-state index contributed by atoms with van der Waals surface area (Å²) in [5.41, 5.74) is 4.51. The van der Waals surface area contributed by atoms with Crippen molar-refractivity contribution in [2.45, 2.75) is 64.7 Å². The van der Waals surface area contributed by atoms with Crippen LogP contribution in [0.15, 0.2) is 6.07 Å². The molecule has 2 atom stereocenters. The zero-order chi connectivity index (χ0) is 12.4. The van der Waals surface area contributed by atoms with Crippen LogP contribution < -0.4 is 0 Å². The largest absolute Gasteiger partial charge is 0.155 e. The van der Waals surface area contributed by atoms with Gasteiger partial charge in [0.25, 0.3) is 0 Å². The number of aromatic nitrogens is 2. The van der Waals surface area contributed by atoms with Gasteiger partial charge in [0, 0.05) is 5.41 Å². The molecule has 2 bridgehead atoms. The van der Waals surface area contributed by atoms with Gasteiger partial charge in [-0.1, -0.05) is 34.6 Å². The summed E-state index contributed by atoms with van der Waals surface area (Å²) < 4.78 is 0. The van der Waals surface area contributed by atoms with Crippen LogP contribution in [0.1, 0.15) is 76.2 Å². The maximum Gasteiger partial charge on any atom is 0.0730 e. The van der Waals surface area contributed by atoms with Gasteiger partial charge < -0.3 is 0 Å². The van der Waals surface area contributed by atoms with E-state index in [1.165, 1.54) is 24.1 Å². The third kappa shape index (κ3) is 1.16. The van der Waals surface area contributed by atoms with Crippen LogP contribution in [0.25, 0.3) is 0 Å². The molecule has 3 rings (SSSR count). The predicted molar refractivity (Wildman–Crippen MR) is 69.2 cm³/mol. The van der Waals surface area contributed by atoms with Crippen molar-refractivity contribution in [1.29, 1.82) is 0 Å². The van der Waals surface area contributed by atoms with E-state index in [-0.39, 0.29) is 5.41 Å². The molecule has 1 aromatic rings. The summed E-state index contributed by atoms with van der Waals surface area (Å²) in [6, 6.07) is 2.32. The maximum absolute atomic E-state index is 4.58. The monoisotopic (exact) mass is 230 g/mol. The van der Waals surface area contributed by atoms with E-state index >= 15 is 0 Å². The van der Waals surface area contributed by atoms with Crippen LogP contribution in [0, 0.1) is 5.41 Å². The van der Waals surface area contributed by atoms with Gasteiger partial charge in [-0.15, -0.1) is 0 Å². The first-order chi connectivity index (χ1) is 7.88. The highest BCUT2D eigenvalue weighted by Crippen LogP contribution is 2.67. The van der Waals surface area contributed by atoms with E-state index in [9.17, 15) is 0 Å². The lowest BCUT2D eigenvalue weighted by molar-refractivity contribution is 0.226. The third-order valence-corrected chi connectivity index (χ3v) is 5.56. The highest BCUT2D eigenvalue weighted by Gasteiger charge is 2.60. The van der Waals surface area contributed by atoms with E-state index in [0.717, 1.165) is 5.69 Å². The lowest BCUT2D eigenvalue weighted by Crippen LogP contribution is -2.32. The molecule has 0 aromatic carbocycles. The van der Waals surface area contributed by atoms with Gasteiger partial charge >= 0.3 is 0 Å². The van der Waals surface area contributed by atoms with Gasteiger partial charge in [-0.2, -0.15) is 10.2 Å². The van der Waals surface area contributed by atoms with Crippen molar-refractivity contribution in [1.82, 2.24) is 10.2 Å². The molecule has 0 saturated heterocycles. The van der Waals surface area contributed by atoms with Crippen molar-refractivity contribution in [3.63, 3.8) is 0 Å². The second-order valence-corrected chi connectivity index (χ2v) is 6.87. The minimum Gasteiger partial charge on any atom is -0.155 e. The summed E-state index contributed by atoms with van der Waals surface area (Å²) >= 11 is 0. The molecule has 2 aliphatic rings. The van der Waals surface area contributed by atoms with E-state index in [1.807, 2.05) is 0 Å². The second kappa shape index (κ2) is 3.09. The van der Waals surface area contributed by atoms with Crippen LogP contribution in [-0.4, -0.2) is 10.2 Å². The zero-order valence-corrected chi connectivity index (χ0v) is 11.5. The van der Waals surface area contributed by atoms with Gasteiger partial charge in [-0.3, -0.25) is 0 Å². The Morgan fingerprint density at radius 2 is 1.94 bits per heavy atom. The Morgan fingerprint density at radius 1 is 1.24 bits per heavy atom. The molecule has 17 heavy (non-hydrogen) atoms. The molecule has 0 amide bonds. The Hall–Kier alpha value is -0.920. The van der Waals surface area contributed by atoms with Gasteiger partial charge in [-0.05, 0) is 41.7 Å². The minimum atomic E-state index is 0.246. The molecular weight excluding hydrogens is 208 g/mol. The molecule has 0 N–H and O–H groups in total. The van der Waals surface area contributed by atoms with Gasteiger partial charge in [0.15, 0.2) is 0 Å². The first-order valence-corrected chi connectivity index (χ1v) is 6.76. The van der Waals surface area contributed by atoms with Crippen molar-refractivity contribution in [3.8, 4) is 0 Å². The Labute approximate surface area is 104 Å². The summed E-state index contributed by atoms with van der Waals surface area (Å²) in [6.07, 6.45) is 2.59.